The summed E-state index contributed by atoms with van der Waals surface area (Å²) >= 11 is 0. The fourth-order valence-corrected chi connectivity index (χ4v) is 3.18. The highest BCUT2D eigenvalue weighted by Crippen LogP contribution is 2.41. The third kappa shape index (κ3) is 5.19. The molecule has 0 bridgehead atoms. The maximum Gasteiger partial charge on any atom is 0.433 e. The average molecular weight is 408 g/mol. The molecule has 29 heavy (non-hydrogen) atoms. The van der Waals surface area contributed by atoms with Crippen LogP contribution >= 0.6 is 0 Å². The predicted molar refractivity (Wildman–Crippen MR) is 102 cm³/mol. The minimum atomic E-state index is -4.48. The molecule has 0 saturated carbocycles. The SMILES string of the molecule is CC(C)(C)OC(=O)NC[C@@H]1CCOc2c(-c3ccc(C(F)(F)F)nc3)cccc21. The Morgan fingerprint density at radius 1 is 1.24 bits per heavy atom. The summed E-state index contributed by atoms with van der Waals surface area (Å²) in [7, 11) is 0. The Hall–Kier alpha value is -2.77. The first-order chi connectivity index (χ1) is 13.5. The number of nitrogens with zero attached hydrogens (tertiary/aromatic N) is 1. The van der Waals surface area contributed by atoms with Crippen molar-refractivity contribution in [3.8, 4) is 16.9 Å². The molecule has 1 aliphatic rings. The number of hydrogen-bond donors (Lipinski definition) is 1. The van der Waals surface area contributed by atoms with Crippen molar-refractivity contribution in [2.24, 2.45) is 0 Å². The van der Waals surface area contributed by atoms with Gasteiger partial charge in [-0.1, -0.05) is 24.3 Å². The van der Waals surface area contributed by atoms with Gasteiger partial charge in [-0.15, -0.1) is 0 Å². The van der Waals surface area contributed by atoms with E-state index in [1.165, 1.54) is 12.3 Å². The first-order valence-corrected chi connectivity index (χ1v) is 9.31. The number of benzene rings is 1. The molecule has 0 saturated heterocycles. The summed E-state index contributed by atoms with van der Waals surface area (Å²) < 4.78 is 49.4. The second-order valence-corrected chi connectivity index (χ2v) is 7.87. The second kappa shape index (κ2) is 7.93. The molecule has 0 fully saturated rings. The van der Waals surface area contributed by atoms with Crippen LogP contribution in [0, 0.1) is 0 Å². The van der Waals surface area contributed by atoms with Gasteiger partial charge in [-0.3, -0.25) is 4.98 Å². The largest absolute Gasteiger partial charge is 0.493 e. The maximum atomic E-state index is 12.8. The molecule has 3 rings (SSSR count). The van der Waals surface area contributed by atoms with E-state index in [1.807, 2.05) is 12.1 Å². The topological polar surface area (TPSA) is 60.5 Å². The van der Waals surface area contributed by atoms with Crippen LogP contribution in [0.5, 0.6) is 5.75 Å². The molecule has 0 radical (unpaired) electrons. The number of aromatic nitrogens is 1. The fourth-order valence-electron chi connectivity index (χ4n) is 3.18. The lowest BCUT2D eigenvalue weighted by molar-refractivity contribution is -0.141. The molecule has 0 unspecified atom stereocenters. The van der Waals surface area contributed by atoms with Crippen LogP contribution in [0.1, 0.15) is 44.4 Å². The van der Waals surface area contributed by atoms with Crippen molar-refractivity contribution >= 4 is 6.09 Å². The van der Waals surface area contributed by atoms with E-state index in [4.69, 9.17) is 9.47 Å². The molecular weight excluding hydrogens is 385 g/mol. The van der Waals surface area contributed by atoms with Crippen LogP contribution in [0.4, 0.5) is 18.0 Å². The molecule has 8 heteroatoms. The molecule has 1 aromatic carbocycles. The number of amides is 1. The summed E-state index contributed by atoms with van der Waals surface area (Å²) in [4.78, 5) is 15.5. The monoisotopic (exact) mass is 408 g/mol. The summed E-state index contributed by atoms with van der Waals surface area (Å²) in [5.41, 5.74) is 0.581. The molecule has 2 heterocycles. The molecule has 5 nitrogen and oxygen atoms in total. The third-order valence-corrected chi connectivity index (χ3v) is 4.45. The molecule has 1 atom stereocenters. The van der Waals surface area contributed by atoms with Crippen molar-refractivity contribution in [2.45, 2.75) is 44.9 Å². The van der Waals surface area contributed by atoms with E-state index < -0.39 is 23.6 Å². The predicted octanol–water partition coefficient (Wildman–Crippen LogP) is 5.16. The second-order valence-electron chi connectivity index (χ2n) is 7.87. The van der Waals surface area contributed by atoms with Crippen molar-refractivity contribution in [2.75, 3.05) is 13.2 Å². The molecule has 156 valence electrons. The number of rotatable bonds is 3. The quantitative estimate of drug-likeness (QED) is 0.762. The number of fused-ring (bicyclic) bond motifs is 1. The lowest BCUT2D eigenvalue weighted by Crippen LogP contribution is -2.35. The van der Waals surface area contributed by atoms with Crippen LogP contribution in [0.25, 0.3) is 11.1 Å². The van der Waals surface area contributed by atoms with Gasteiger partial charge >= 0.3 is 12.3 Å². The molecule has 2 aromatic rings. The number of nitrogens with one attached hydrogen (secondary N) is 1. The lowest BCUT2D eigenvalue weighted by atomic mass is 9.90. The van der Waals surface area contributed by atoms with Gasteiger partial charge in [-0.2, -0.15) is 13.2 Å². The molecule has 1 aromatic heterocycles. The average Bonchev–Trinajstić information content (AvgIpc) is 2.64. The van der Waals surface area contributed by atoms with E-state index >= 15 is 0 Å². The van der Waals surface area contributed by atoms with Gasteiger partial charge in [0.15, 0.2) is 0 Å². The number of halogens is 3. The summed E-state index contributed by atoms with van der Waals surface area (Å²) in [5, 5.41) is 2.78. The van der Waals surface area contributed by atoms with E-state index in [0.29, 0.717) is 36.4 Å². The highest BCUT2D eigenvalue weighted by Gasteiger charge is 2.32. The Bertz CT molecular complexity index is 874. The van der Waals surface area contributed by atoms with Crippen LogP contribution in [-0.4, -0.2) is 29.8 Å². The van der Waals surface area contributed by atoms with Gasteiger partial charge in [0.25, 0.3) is 0 Å². The third-order valence-electron chi connectivity index (χ3n) is 4.45. The number of pyridine rings is 1. The van der Waals surface area contributed by atoms with Crippen LogP contribution in [0.15, 0.2) is 36.5 Å². The Labute approximate surface area is 167 Å². The number of carbonyl (C=O) groups excluding carboxylic acids is 1. The van der Waals surface area contributed by atoms with Gasteiger partial charge < -0.3 is 14.8 Å². The van der Waals surface area contributed by atoms with Gasteiger partial charge in [0.05, 0.1) is 6.61 Å². The maximum absolute atomic E-state index is 12.8. The van der Waals surface area contributed by atoms with Crippen molar-refractivity contribution in [3.05, 3.63) is 47.8 Å². The highest BCUT2D eigenvalue weighted by molar-refractivity contribution is 5.73. The number of para-hydroxylation sites is 1. The lowest BCUT2D eigenvalue weighted by Gasteiger charge is -2.28. The van der Waals surface area contributed by atoms with Crippen molar-refractivity contribution in [1.82, 2.24) is 10.3 Å². The normalized spacial score (nSPS) is 16.6. The van der Waals surface area contributed by atoms with Gasteiger partial charge in [0, 0.05) is 29.8 Å². The molecule has 1 aliphatic heterocycles. The van der Waals surface area contributed by atoms with Gasteiger partial charge in [0.1, 0.15) is 17.0 Å². The Kier molecular flexibility index (Phi) is 5.73. The molecule has 0 aliphatic carbocycles. The molecular formula is C21H23F3N2O3. The summed E-state index contributed by atoms with van der Waals surface area (Å²) in [6.45, 7) is 6.20. The highest BCUT2D eigenvalue weighted by atomic mass is 19.4. The van der Waals surface area contributed by atoms with Crippen LogP contribution in [-0.2, 0) is 10.9 Å². The van der Waals surface area contributed by atoms with Gasteiger partial charge in [0.2, 0.25) is 0 Å². The van der Waals surface area contributed by atoms with E-state index in [1.54, 1.807) is 26.8 Å². The number of carbonyl (C=O) groups is 1. The van der Waals surface area contributed by atoms with Gasteiger partial charge in [-0.25, -0.2) is 4.79 Å². The number of ether oxygens (including phenoxy) is 2. The number of hydrogen-bond acceptors (Lipinski definition) is 4. The first kappa shape index (κ1) is 21.0. The van der Waals surface area contributed by atoms with Gasteiger partial charge in [-0.05, 0) is 38.8 Å². The molecule has 0 spiro atoms. The fraction of sp³-hybridized carbons (Fsp3) is 0.429. The minimum absolute atomic E-state index is 0.00799. The first-order valence-electron chi connectivity index (χ1n) is 9.31. The van der Waals surface area contributed by atoms with Crippen LogP contribution in [0.3, 0.4) is 0 Å². The zero-order valence-corrected chi connectivity index (χ0v) is 16.5. The summed E-state index contributed by atoms with van der Waals surface area (Å²) in [6, 6.07) is 7.85. The van der Waals surface area contributed by atoms with Crippen LogP contribution < -0.4 is 10.1 Å². The zero-order chi connectivity index (χ0) is 21.2. The standard InChI is InChI=1S/C21H23F3N2O3/c1-20(2,3)29-19(27)26-12-14-9-10-28-18-15(5-4-6-16(14)18)13-7-8-17(25-11-13)21(22,23)24/h4-8,11,14H,9-10,12H2,1-3H3,(H,26,27)/t14-/m0/s1. The summed E-state index contributed by atoms with van der Waals surface area (Å²) in [5.74, 6) is 0.616. The van der Waals surface area contributed by atoms with Crippen molar-refractivity contribution < 1.29 is 27.4 Å². The molecule has 1 N–H and O–H groups in total. The smallest absolute Gasteiger partial charge is 0.433 e. The van der Waals surface area contributed by atoms with E-state index in [-0.39, 0.29) is 5.92 Å². The Morgan fingerprint density at radius 3 is 2.62 bits per heavy atom. The van der Waals surface area contributed by atoms with Crippen molar-refractivity contribution in [3.63, 3.8) is 0 Å². The van der Waals surface area contributed by atoms with E-state index in [2.05, 4.69) is 10.3 Å². The van der Waals surface area contributed by atoms with E-state index in [0.717, 1.165) is 11.6 Å². The Balaban J connectivity index is 1.80. The number of alkyl halides is 3. The number of alkyl carbamates (subject to hydrolysis) is 1. The van der Waals surface area contributed by atoms with Crippen LogP contribution in [0.2, 0.25) is 0 Å². The van der Waals surface area contributed by atoms with Crippen molar-refractivity contribution in [1.29, 1.82) is 0 Å². The zero-order valence-electron chi connectivity index (χ0n) is 16.5. The van der Waals surface area contributed by atoms with E-state index in [9.17, 15) is 18.0 Å². The molecule has 1 amide bonds. The Morgan fingerprint density at radius 2 is 2.00 bits per heavy atom. The minimum Gasteiger partial charge on any atom is -0.493 e. The summed E-state index contributed by atoms with van der Waals surface area (Å²) in [6.07, 6.45) is -3.07.